The van der Waals surface area contributed by atoms with Gasteiger partial charge >= 0.3 is 5.97 Å². The molecule has 0 bridgehead atoms. The lowest BCUT2D eigenvalue weighted by Gasteiger charge is -2.03. The number of fused-ring (bicyclic) bond motifs is 1. The number of furan rings is 1. The fraction of sp³-hybridized carbons (Fsp3) is 0.188. The van der Waals surface area contributed by atoms with Crippen LogP contribution in [0, 0.1) is 6.92 Å². The van der Waals surface area contributed by atoms with Crippen LogP contribution in [0.2, 0.25) is 0 Å². The van der Waals surface area contributed by atoms with E-state index in [0.717, 1.165) is 11.3 Å². The largest absolute Gasteiger partial charge is 0.462 e. The second-order valence-electron chi connectivity index (χ2n) is 4.58. The van der Waals surface area contributed by atoms with Crippen LogP contribution in [0.3, 0.4) is 0 Å². The average molecular weight is 286 g/mol. The number of carbonyl (C=O) groups excluding carboxylic acids is 1. The first kappa shape index (κ1) is 13.3. The maximum Gasteiger partial charge on any atom is 0.331 e. The number of esters is 1. The Labute approximate surface area is 121 Å². The van der Waals surface area contributed by atoms with Gasteiger partial charge in [-0.2, -0.15) is 0 Å². The second kappa shape index (κ2) is 5.75. The van der Waals surface area contributed by atoms with Crippen LogP contribution >= 0.6 is 0 Å². The molecule has 108 valence electrons. The zero-order valence-corrected chi connectivity index (χ0v) is 11.5. The summed E-state index contributed by atoms with van der Waals surface area (Å²) in [4.78, 5) is 11.6. The molecule has 21 heavy (non-hydrogen) atoms. The Bertz CT molecular complexity index is 684. The minimum atomic E-state index is -0.429. The molecule has 1 aromatic carbocycles. The van der Waals surface area contributed by atoms with Gasteiger partial charge in [0.25, 0.3) is 0 Å². The Kier molecular flexibility index (Phi) is 3.64. The average Bonchev–Trinajstić information content (AvgIpc) is 3.10. The molecular formula is C16H14O5. The molecule has 0 radical (unpaired) electrons. The Morgan fingerprint density at radius 3 is 2.90 bits per heavy atom. The summed E-state index contributed by atoms with van der Waals surface area (Å²) in [5, 5.41) is 0. The summed E-state index contributed by atoms with van der Waals surface area (Å²) in [5.41, 5.74) is 0.842. The van der Waals surface area contributed by atoms with Gasteiger partial charge in [0.15, 0.2) is 11.5 Å². The molecule has 0 spiro atoms. The van der Waals surface area contributed by atoms with Gasteiger partial charge in [-0.15, -0.1) is 0 Å². The quantitative estimate of drug-likeness (QED) is 0.638. The Morgan fingerprint density at radius 2 is 2.10 bits per heavy atom. The molecule has 3 rings (SSSR count). The van der Waals surface area contributed by atoms with Crippen LogP contribution in [-0.2, 0) is 16.1 Å². The van der Waals surface area contributed by atoms with E-state index in [1.165, 1.54) is 6.08 Å². The number of benzene rings is 1. The molecule has 0 saturated heterocycles. The lowest BCUT2D eigenvalue weighted by molar-refractivity contribution is -0.138. The third-order valence-electron chi connectivity index (χ3n) is 2.96. The predicted octanol–water partition coefficient (Wildman–Crippen LogP) is 3.07. The third-order valence-corrected chi connectivity index (χ3v) is 2.96. The Morgan fingerprint density at radius 1 is 1.24 bits per heavy atom. The predicted molar refractivity (Wildman–Crippen MR) is 74.8 cm³/mol. The van der Waals surface area contributed by atoms with Gasteiger partial charge in [-0.05, 0) is 42.8 Å². The number of hydrogen-bond donors (Lipinski definition) is 0. The van der Waals surface area contributed by atoms with Crippen molar-refractivity contribution in [2.45, 2.75) is 13.5 Å². The fourth-order valence-corrected chi connectivity index (χ4v) is 1.93. The lowest BCUT2D eigenvalue weighted by atomic mass is 10.2. The topological polar surface area (TPSA) is 57.9 Å². The molecule has 0 atom stereocenters. The number of hydrogen-bond acceptors (Lipinski definition) is 5. The maximum absolute atomic E-state index is 11.6. The van der Waals surface area contributed by atoms with Crippen molar-refractivity contribution < 1.29 is 23.4 Å². The highest BCUT2D eigenvalue weighted by atomic mass is 16.7. The van der Waals surface area contributed by atoms with Crippen LogP contribution in [0.25, 0.3) is 6.08 Å². The summed E-state index contributed by atoms with van der Waals surface area (Å²) in [5.74, 6) is 2.36. The van der Waals surface area contributed by atoms with Gasteiger partial charge in [-0.3, -0.25) is 0 Å². The smallest absolute Gasteiger partial charge is 0.331 e. The van der Waals surface area contributed by atoms with E-state index in [-0.39, 0.29) is 13.4 Å². The van der Waals surface area contributed by atoms with Crippen molar-refractivity contribution >= 4 is 12.0 Å². The van der Waals surface area contributed by atoms with E-state index in [0.29, 0.717) is 17.3 Å². The Hall–Kier alpha value is -2.69. The minimum Gasteiger partial charge on any atom is -0.462 e. The number of aryl methyl sites for hydroxylation is 1. The number of carbonyl (C=O) groups is 1. The maximum atomic E-state index is 11.6. The van der Waals surface area contributed by atoms with E-state index in [1.807, 2.05) is 19.1 Å². The van der Waals surface area contributed by atoms with Crippen molar-refractivity contribution in [3.05, 3.63) is 53.5 Å². The van der Waals surface area contributed by atoms with Gasteiger partial charge in [-0.25, -0.2) is 4.79 Å². The summed E-state index contributed by atoms with van der Waals surface area (Å²) in [6.45, 7) is 2.25. The van der Waals surface area contributed by atoms with E-state index in [1.54, 1.807) is 24.3 Å². The van der Waals surface area contributed by atoms with E-state index >= 15 is 0 Å². The molecule has 5 heteroatoms. The molecule has 1 aliphatic heterocycles. The summed E-state index contributed by atoms with van der Waals surface area (Å²) < 4.78 is 21.0. The third kappa shape index (κ3) is 3.25. The summed E-state index contributed by atoms with van der Waals surface area (Å²) >= 11 is 0. The van der Waals surface area contributed by atoms with Crippen LogP contribution in [-0.4, -0.2) is 12.8 Å². The summed E-state index contributed by atoms with van der Waals surface area (Å²) in [6, 6.07) is 9.05. The molecule has 1 aromatic heterocycles. The zero-order valence-electron chi connectivity index (χ0n) is 11.5. The standard InChI is InChI=1S/C16H14O5/c1-11-2-4-13(21-11)5-7-16(17)18-9-12-3-6-14-15(8-12)20-10-19-14/h2-8H,9-10H2,1H3/b7-5+. The molecule has 0 unspecified atom stereocenters. The minimum absolute atomic E-state index is 0.178. The monoisotopic (exact) mass is 286 g/mol. The van der Waals surface area contributed by atoms with Crippen molar-refractivity contribution in [1.82, 2.24) is 0 Å². The van der Waals surface area contributed by atoms with Crippen LogP contribution < -0.4 is 9.47 Å². The van der Waals surface area contributed by atoms with Crippen molar-refractivity contribution in [1.29, 1.82) is 0 Å². The molecule has 0 saturated carbocycles. The molecule has 2 heterocycles. The highest BCUT2D eigenvalue weighted by molar-refractivity contribution is 5.86. The van der Waals surface area contributed by atoms with Gasteiger partial charge in [0.1, 0.15) is 18.1 Å². The summed E-state index contributed by atoms with van der Waals surface area (Å²) in [6.07, 6.45) is 2.92. The highest BCUT2D eigenvalue weighted by Crippen LogP contribution is 2.32. The van der Waals surface area contributed by atoms with E-state index in [2.05, 4.69) is 0 Å². The van der Waals surface area contributed by atoms with Gasteiger partial charge in [0.05, 0.1) is 0 Å². The van der Waals surface area contributed by atoms with Crippen molar-refractivity contribution in [3.8, 4) is 11.5 Å². The zero-order chi connectivity index (χ0) is 14.7. The molecule has 0 amide bonds. The first-order valence-electron chi connectivity index (χ1n) is 6.50. The molecule has 0 fully saturated rings. The molecule has 2 aromatic rings. The summed E-state index contributed by atoms with van der Waals surface area (Å²) in [7, 11) is 0. The van der Waals surface area contributed by atoms with Gasteiger partial charge in [0, 0.05) is 6.08 Å². The molecule has 5 nitrogen and oxygen atoms in total. The Balaban J connectivity index is 1.55. The fourth-order valence-electron chi connectivity index (χ4n) is 1.93. The number of ether oxygens (including phenoxy) is 3. The van der Waals surface area contributed by atoms with Gasteiger partial charge in [-0.1, -0.05) is 6.07 Å². The molecular weight excluding hydrogens is 272 g/mol. The normalized spacial score (nSPS) is 12.8. The van der Waals surface area contributed by atoms with E-state index < -0.39 is 5.97 Å². The van der Waals surface area contributed by atoms with Crippen LogP contribution in [0.15, 0.2) is 40.8 Å². The molecule has 0 N–H and O–H groups in total. The van der Waals surface area contributed by atoms with Crippen molar-refractivity contribution in [2.75, 3.05) is 6.79 Å². The SMILES string of the molecule is Cc1ccc(/C=C/C(=O)OCc2ccc3c(c2)OCO3)o1. The first-order valence-corrected chi connectivity index (χ1v) is 6.50. The molecule has 0 aliphatic carbocycles. The highest BCUT2D eigenvalue weighted by Gasteiger charge is 2.13. The molecule has 1 aliphatic rings. The second-order valence-corrected chi connectivity index (χ2v) is 4.58. The number of rotatable bonds is 4. The van der Waals surface area contributed by atoms with Crippen LogP contribution in [0.5, 0.6) is 11.5 Å². The first-order chi connectivity index (χ1) is 10.2. The van der Waals surface area contributed by atoms with Crippen molar-refractivity contribution in [2.24, 2.45) is 0 Å². The van der Waals surface area contributed by atoms with E-state index in [4.69, 9.17) is 18.6 Å². The van der Waals surface area contributed by atoms with Crippen molar-refractivity contribution in [3.63, 3.8) is 0 Å². The van der Waals surface area contributed by atoms with Crippen LogP contribution in [0.1, 0.15) is 17.1 Å². The van der Waals surface area contributed by atoms with E-state index in [9.17, 15) is 4.79 Å². The lowest BCUT2D eigenvalue weighted by Crippen LogP contribution is -2.00. The van der Waals surface area contributed by atoms with Crippen LogP contribution in [0.4, 0.5) is 0 Å². The van der Waals surface area contributed by atoms with Gasteiger partial charge in [0.2, 0.25) is 6.79 Å². The van der Waals surface area contributed by atoms with Gasteiger partial charge < -0.3 is 18.6 Å².